The molecule has 7 heteroatoms. The summed E-state index contributed by atoms with van der Waals surface area (Å²) >= 11 is 5.99. The molecule has 1 fully saturated rings. The Morgan fingerprint density at radius 3 is 2.66 bits per heavy atom. The number of pyridine rings is 1. The van der Waals surface area contributed by atoms with Crippen LogP contribution >= 0.6 is 11.6 Å². The van der Waals surface area contributed by atoms with Crippen molar-refractivity contribution >= 4 is 34.2 Å². The molecule has 1 heterocycles. The van der Waals surface area contributed by atoms with Crippen LogP contribution in [0.25, 0.3) is 10.8 Å². The monoisotopic (exact) mass is 411 g/mol. The lowest BCUT2D eigenvalue weighted by Crippen LogP contribution is -2.42. The number of amides is 2. The normalized spacial score (nSPS) is 19.6. The van der Waals surface area contributed by atoms with Crippen molar-refractivity contribution in [3.8, 4) is 5.88 Å². The number of alkyl halides is 1. The van der Waals surface area contributed by atoms with Crippen molar-refractivity contribution in [1.29, 1.82) is 0 Å². The van der Waals surface area contributed by atoms with Gasteiger partial charge in [-0.2, -0.15) is 0 Å². The molecule has 2 amide bonds. The van der Waals surface area contributed by atoms with Crippen LogP contribution in [0.4, 0.5) is 4.79 Å². The first-order valence-corrected chi connectivity index (χ1v) is 10.0. The SMILES string of the molecule is COc1ncc(C(C)N(C(=O)NC2=CC(Cl)C(=O)C=C2)C2CC2)c2ccccc12. The maximum Gasteiger partial charge on any atom is 0.322 e. The largest absolute Gasteiger partial charge is 0.481 e. The quantitative estimate of drug-likeness (QED) is 0.751. The van der Waals surface area contributed by atoms with Gasteiger partial charge in [0.15, 0.2) is 5.78 Å². The van der Waals surface area contributed by atoms with Crippen LogP contribution in [0.2, 0.25) is 0 Å². The van der Waals surface area contributed by atoms with Gasteiger partial charge in [-0.15, -0.1) is 11.6 Å². The number of halogens is 1. The molecular formula is C22H22ClN3O3. The summed E-state index contributed by atoms with van der Waals surface area (Å²) in [5, 5.41) is 4.06. The number of fused-ring (bicyclic) bond motifs is 1. The Kier molecular flexibility index (Phi) is 5.28. The zero-order valence-electron chi connectivity index (χ0n) is 16.3. The minimum absolute atomic E-state index is 0.174. The van der Waals surface area contributed by atoms with E-state index in [1.807, 2.05) is 36.1 Å². The third-order valence-electron chi connectivity index (χ3n) is 5.30. The van der Waals surface area contributed by atoms with E-state index in [2.05, 4.69) is 10.3 Å². The van der Waals surface area contributed by atoms with E-state index in [1.165, 1.54) is 6.08 Å². The molecule has 29 heavy (non-hydrogen) atoms. The van der Waals surface area contributed by atoms with Gasteiger partial charge in [-0.1, -0.05) is 18.2 Å². The molecule has 2 unspecified atom stereocenters. The zero-order chi connectivity index (χ0) is 20.5. The Hall–Kier alpha value is -2.86. The number of aromatic nitrogens is 1. The Morgan fingerprint density at radius 1 is 1.28 bits per heavy atom. The highest BCUT2D eigenvalue weighted by Gasteiger charge is 2.37. The number of hydrogen-bond donors (Lipinski definition) is 1. The highest BCUT2D eigenvalue weighted by atomic mass is 35.5. The van der Waals surface area contributed by atoms with E-state index < -0.39 is 5.38 Å². The molecule has 1 aromatic heterocycles. The molecule has 0 saturated heterocycles. The summed E-state index contributed by atoms with van der Waals surface area (Å²) in [7, 11) is 1.60. The molecule has 1 saturated carbocycles. The van der Waals surface area contributed by atoms with Crippen LogP contribution in [0, 0.1) is 0 Å². The van der Waals surface area contributed by atoms with Gasteiger partial charge < -0.3 is 15.0 Å². The van der Waals surface area contributed by atoms with Gasteiger partial charge >= 0.3 is 6.03 Å². The average Bonchev–Trinajstić information content (AvgIpc) is 3.55. The molecule has 2 aromatic rings. The van der Waals surface area contributed by atoms with Crippen molar-refractivity contribution in [2.75, 3.05) is 7.11 Å². The third kappa shape index (κ3) is 3.85. The van der Waals surface area contributed by atoms with Crippen molar-refractivity contribution in [1.82, 2.24) is 15.2 Å². The summed E-state index contributed by atoms with van der Waals surface area (Å²) in [6.45, 7) is 2.01. The number of benzene rings is 1. The lowest BCUT2D eigenvalue weighted by Gasteiger charge is -2.31. The second-order valence-electron chi connectivity index (χ2n) is 7.27. The molecular weight excluding hydrogens is 390 g/mol. The van der Waals surface area contributed by atoms with Crippen molar-refractivity contribution in [2.45, 2.75) is 37.2 Å². The maximum absolute atomic E-state index is 13.1. The van der Waals surface area contributed by atoms with E-state index in [-0.39, 0.29) is 23.9 Å². The highest BCUT2D eigenvalue weighted by Crippen LogP contribution is 2.38. The molecule has 6 nitrogen and oxygen atoms in total. The standard InChI is InChI=1S/C22H22ClN3O3/c1-13(18-12-24-21(29-2)17-6-4-3-5-16(17)18)26(15-8-9-15)22(28)25-14-7-10-20(27)19(23)11-14/h3-7,10-13,15,19H,8-9H2,1-2H3,(H,25,28). The van der Waals surface area contributed by atoms with Crippen LogP contribution in [0.3, 0.4) is 0 Å². The van der Waals surface area contributed by atoms with E-state index in [1.54, 1.807) is 25.5 Å². The summed E-state index contributed by atoms with van der Waals surface area (Å²) < 4.78 is 5.39. The van der Waals surface area contributed by atoms with Crippen LogP contribution in [0.15, 0.2) is 54.4 Å². The Labute approximate surface area is 174 Å². The van der Waals surface area contributed by atoms with Crippen LogP contribution in [-0.2, 0) is 4.79 Å². The number of ether oxygens (including phenoxy) is 1. The molecule has 2 aliphatic rings. The van der Waals surface area contributed by atoms with Gasteiger partial charge in [-0.25, -0.2) is 9.78 Å². The van der Waals surface area contributed by atoms with Gasteiger partial charge in [0.05, 0.1) is 13.2 Å². The number of urea groups is 1. The molecule has 2 aliphatic carbocycles. The van der Waals surface area contributed by atoms with Gasteiger partial charge in [-0.3, -0.25) is 4.79 Å². The van der Waals surface area contributed by atoms with Crippen molar-refractivity contribution in [3.63, 3.8) is 0 Å². The molecule has 2 atom stereocenters. The van der Waals surface area contributed by atoms with Crippen molar-refractivity contribution in [2.24, 2.45) is 0 Å². The number of hydrogen-bond acceptors (Lipinski definition) is 4. The lowest BCUT2D eigenvalue weighted by molar-refractivity contribution is -0.113. The molecule has 4 rings (SSSR count). The first-order valence-electron chi connectivity index (χ1n) is 9.58. The Balaban J connectivity index is 1.64. The van der Waals surface area contributed by atoms with Crippen LogP contribution in [-0.4, -0.2) is 40.2 Å². The van der Waals surface area contributed by atoms with Crippen LogP contribution in [0.1, 0.15) is 31.4 Å². The fourth-order valence-electron chi connectivity index (χ4n) is 3.68. The molecule has 0 bridgehead atoms. The molecule has 0 spiro atoms. The fourth-order valence-corrected chi connectivity index (χ4v) is 3.88. The number of nitrogens with one attached hydrogen (secondary N) is 1. The number of methoxy groups -OCH3 is 1. The summed E-state index contributed by atoms with van der Waals surface area (Å²) in [5.41, 5.74) is 1.49. The summed E-state index contributed by atoms with van der Waals surface area (Å²) in [6.07, 6.45) is 8.23. The molecule has 0 aliphatic heterocycles. The predicted octanol–water partition coefficient (Wildman–Crippen LogP) is 4.11. The topological polar surface area (TPSA) is 71.5 Å². The van der Waals surface area contributed by atoms with Gasteiger partial charge in [0, 0.05) is 28.9 Å². The van der Waals surface area contributed by atoms with Crippen molar-refractivity contribution in [3.05, 3.63) is 60.0 Å². The third-order valence-corrected chi connectivity index (χ3v) is 5.64. The van der Waals surface area contributed by atoms with E-state index >= 15 is 0 Å². The molecule has 150 valence electrons. The van der Waals surface area contributed by atoms with E-state index in [4.69, 9.17) is 16.3 Å². The highest BCUT2D eigenvalue weighted by molar-refractivity contribution is 6.34. The number of carbonyl (C=O) groups excluding carboxylic acids is 2. The first kappa shape index (κ1) is 19.5. The Morgan fingerprint density at radius 2 is 2.00 bits per heavy atom. The number of nitrogens with zero attached hydrogens (tertiary/aromatic N) is 2. The Bertz CT molecular complexity index is 1030. The minimum Gasteiger partial charge on any atom is -0.481 e. The zero-order valence-corrected chi connectivity index (χ0v) is 17.0. The predicted molar refractivity (Wildman–Crippen MR) is 112 cm³/mol. The van der Waals surface area contributed by atoms with Gasteiger partial charge in [0.25, 0.3) is 0 Å². The second-order valence-corrected chi connectivity index (χ2v) is 7.74. The number of rotatable bonds is 5. The lowest BCUT2D eigenvalue weighted by atomic mass is 10.0. The second kappa shape index (κ2) is 7.87. The van der Waals surface area contributed by atoms with E-state index in [0.717, 1.165) is 29.2 Å². The number of ketones is 1. The van der Waals surface area contributed by atoms with E-state index in [0.29, 0.717) is 11.6 Å². The summed E-state index contributed by atoms with van der Waals surface area (Å²) in [6, 6.07) is 7.67. The summed E-state index contributed by atoms with van der Waals surface area (Å²) in [5.74, 6) is 0.377. The summed E-state index contributed by atoms with van der Waals surface area (Å²) in [4.78, 5) is 31.0. The van der Waals surface area contributed by atoms with Gasteiger partial charge in [-0.05, 0) is 49.4 Å². The smallest absolute Gasteiger partial charge is 0.322 e. The minimum atomic E-state index is -0.753. The maximum atomic E-state index is 13.1. The molecule has 1 N–H and O–H groups in total. The molecule has 0 radical (unpaired) electrons. The van der Waals surface area contributed by atoms with E-state index in [9.17, 15) is 9.59 Å². The first-order chi connectivity index (χ1) is 14.0. The number of carbonyl (C=O) groups is 2. The average molecular weight is 412 g/mol. The van der Waals surface area contributed by atoms with Crippen LogP contribution in [0.5, 0.6) is 5.88 Å². The van der Waals surface area contributed by atoms with Gasteiger partial charge in [0.2, 0.25) is 5.88 Å². The molecule has 1 aromatic carbocycles. The van der Waals surface area contributed by atoms with Crippen LogP contribution < -0.4 is 10.1 Å². The fraction of sp³-hybridized carbons (Fsp3) is 0.318. The van der Waals surface area contributed by atoms with Crippen molar-refractivity contribution < 1.29 is 14.3 Å². The van der Waals surface area contributed by atoms with Gasteiger partial charge in [0.1, 0.15) is 5.38 Å². The number of allylic oxidation sites excluding steroid dienone is 3.